The topological polar surface area (TPSA) is 60.1 Å². The van der Waals surface area contributed by atoms with Gasteiger partial charge in [0.25, 0.3) is 0 Å². The molecule has 3 aromatic carbocycles. The maximum atomic E-state index is 9.76. The molecule has 0 unspecified atom stereocenters. The number of para-hydroxylation sites is 2. The van der Waals surface area contributed by atoms with Crippen LogP contribution in [0.25, 0.3) is 22.7 Å². The van der Waals surface area contributed by atoms with Gasteiger partial charge >= 0.3 is 0 Å². The van der Waals surface area contributed by atoms with Crippen molar-refractivity contribution >= 4 is 34.3 Å². The summed E-state index contributed by atoms with van der Waals surface area (Å²) in [5, 5.41) is 10.5. The number of nitriles is 1. The summed E-state index contributed by atoms with van der Waals surface area (Å²) in [4.78, 5) is 4.62. The molecule has 0 amide bonds. The van der Waals surface area contributed by atoms with Crippen molar-refractivity contribution < 1.29 is 9.47 Å². The highest BCUT2D eigenvalue weighted by Crippen LogP contribution is 2.31. The molecule has 31 heavy (non-hydrogen) atoms. The van der Waals surface area contributed by atoms with Crippen molar-refractivity contribution in [3.63, 3.8) is 0 Å². The summed E-state index contributed by atoms with van der Waals surface area (Å²) in [6, 6.07) is 23.1. The van der Waals surface area contributed by atoms with Crippen LogP contribution in [0.4, 0.5) is 0 Å². The first kappa shape index (κ1) is 20.5. The minimum absolute atomic E-state index is 0.395. The predicted octanol–water partition coefficient (Wildman–Crippen LogP) is 5.88. The van der Waals surface area contributed by atoms with Gasteiger partial charge in [-0.05, 0) is 53.6 Å². The monoisotopic (exact) mass is 429 g/mol. The van der Waals surface area contributed by atoms with Crippen LogP contribution in [0.1, 0.15) is 17.0 Å². The molecule has 0 fully saturated rings. The van der Waals surface area contributed by atoms with Crippen LogP contribution in [0.2, 0.25) is 5.02 Å². The highest BCUT2D eigenvalue weighted by Gasteiger charge is 2.13. The number of ether oxygens (including phenoxy) is 2. The number of methoxy groups -OCH3 is 1. The summed E-state index contributed by atoms with van der Waals surface area (Å²) >= 11 is 5.93. The predicted molar refractivity (Wildman–Crippen MR) is 123 cm³/mol. The Bertz CT molecular complexity index is 1300. The van der Waals surface area contributed by atoms with Crippen molar-refractivity contribution in [3.05, 3.63) is 88.7 Å². The number of hydrogen-bond donors (Lipinski definition) is 0. The van der Waals surface area contributed by atoms with Gasteiger partial charge in [0, 0.05) is 12.1 Å². The molecule has 1 heterocycles. The zero-order valence-corrected chi connectivity index (χ0v) is 17.9. The van der Waals surface area contributed by atoms with E-state index in [1.54, 1.807) is 13.2 Å². The maximum absolute atomic E-state index is 9.76. The first-order valence-electron chi connectivity index (χ1n) is 9.68. The van der Waals surface area contributed by atoms with E-state index in [1.165, 1.54) is 0 Å². The maximum Gasteiger partial charge on any atom is 0.161 e. The minimum Gasteiger partial charge on any atom is -0.493 e. The summed E-state index contributed by atoms with van der Waals surface area (Å²) in [5.41, 5.74) is 4.12. The molecule has 0 aliphatic carbocycles. The van der Waals surface area contributed by atoms with Crippen LogP contribution in [0.3, 0.4) is 0 Å². The summed E-state index contributed by atoms with van der Waals surface area (Å²) in [6.07, 6.45) is 1.80. The quantitative estimate of drug-likeness (QED) is 0.359. The minimum atomic E-state index is 0.395. The van der Waals surface area contributed by atoms with Crippen molar-refractivity contribution in [1.29, 1.82) is 5.26 Å². The van der Waals surface area contributed by atoms with E-state index in [9.17, 15) is 5.26 Å². The van der Waals surface area contributed by atoms with Crippen LogP contribution in [0.15, 0.2) is 66.7 Å². The van der Waals surface area contributed by atoms with Gasteiger partial charge in [-0.3, -0.25) is 0 Å². The first-order chi connectivity index (χ1) is 15.1. The molecule has 154 valence electrons. The van der Waals surface area contributed by atoms with Crippen LogP contribution in [-0.2, 0) is 13.7 Å². The summed E-state index contributed by atoms with van der Waals surface area (Å²) in [5.74, 6) is 1.83. The van der Waals surface area contributed by atoms with Gasteiger partial charge in [-0.25, -0.2) is 4.98 Å². The van der Waals surface area contributed by atoms with E-state index in [0.29, 0.717) is 34.5 Å². The number of aromatic nitrogens is 2. The third kappa shape index (κ3) is 4.40. The molecule has 0 saturated heterocycles. The fourth-order valence-electron chi connectivity index (χ4n) is 3.33. The average Bonchev–Trinajstić information content (AvgIpc) is 3.14. The molecule has 4 aromatic rings. The molecule has 0 aliphatic heterocycles. The second-order valence-electron chi connectivity index (χ2n) is 6.98. The normalized spacial score (nSPS) is 11.4. The van der Waals surface area contributed by atoms with Gasteiger partial charge in [0.15, 0.2) is 17.3 Å². The summed E-state index contributed by atoms with van der Waals surface area (Å²) in [7, 11) is 3.50. The largest absolute Gasteiger partial charge is 0.493 e. The van der Waals surface area contributed by atoms with Gasteiger partial charge in [0.05, 0.1) is 23.7 Å². The molecule has 0 spiro atoms. The van der Waals surface area contributed by atoms with E-state index < -0.39 is 0 Å². The Balaban J connectivity index is 1.61. The van der Waals surface area contributed by atoms with Crippen molar-refractivity contribution in [1.82, 2.24) is 9.55 Å². The van der Waals surface area contributed by atoms with Crippen molar-refractivity contribution in [2.24, 2.45) is 7.05 Å². The lowest BCUT2D eigenvalue weighted by Crippen LogP contribution is -1.98. The number of halogens is 1. The number of imidazole rings is 1. The third-order valence-corrected chi connectivity index (χ3v) is 5.21. The van der Waals surface area contributed by atoms with Crippen LogP contribution >= 0.6 is 11.6 Å². The Morgan fingerprint density at radius 1 is 1.10 bits per heavy atom. The van der Waals surface area contributed by atoms with E-state index in [2.05, 4.69) is 11.1 Å². The fraction of sp³-hybridized carbons (Fsp3) is 0.120. The lowest BCUT2D eigenvalue weighted by molar-refractivity contribution is 0.284. The Hall–Kier alpha value is -3.75. The van der Waals surface area contributed by atoms with Gasteiger partial charge in [0.2, 0.25) is 0 Å². The number of nitrogens with zero attached hydrogens (tertiary/aromatic N) is 3. The van der Waals surface area contributed by atoms with Gasteiger partial charge in [-0.1, -0.05) is 41.9 Å². The molecular weight excluding hydrogens is 410 g/mol. The van der Waals surface area contributed by atoms with E-state index in [0.717, 1.165) is 22.2 Å². The molecule has 0 aliphatic rings. The van der Waals surface area contributed by atoms with E-state index >= 15 is 0 Å². The number of fused-ring (bicyclic) bond motifs is 1. The Labute approximate surface area is 185 Å². The van der Waals surface area contributed by atoms with Gasteiger partial charge < -0.3 is 14.0 Å². The number of allylic oxidation sites excluding steroid dienone is 1. The number of rotatable bonds is 6. The van der Waals surface area contributed by atoms with Gasteiger partial charge in [-0.2, -0.15) is 5.26 Å². The molecular formula is C25H20ClN3O2. The average molecular weight is 430 g/mol. The Morgan fingerprint density at radius 2 is 1.87 bits per heavy atom. The van der Waals surface area contributed by atoms with E-state index in [4.69, 9.17) is 21.1 Å². The van der Waals surface area contributed by atoms with E-state index in [1.807, 2.05) is 78.3 Å². The standard InChI is InChI=1S/C25H20ClN3O2/c1-29-22-6-4-3-5-21(22)28-25(29)19(15-27)13-18-9-12-23(24(14-18)30-2)31-16-17-7-10-20(26)11-8-17/h3-14H,16H2,1-2H3/b19-13+. The summed E-state index contributed by atoms with van der Waals surface area (Å²) < 4.78 is 13.3. The molecule has 0 N–H and O–H groups in total. The van der Waals surface area contributed by atoms with Crippen molar-refractivity contribution in [2.75, 3.05) is 7.11 Å². The number of aryl methyl sites for hydroxylation is 1. The molecule has 0 bridgehead atoms. The molecule has 0 saturated carbocycles. The number of benzene rings is 3. The van der Waals surface area contributed by atoms with Crippen LogP contribution in [0, 0.1) is 11.3 Å². The van der Waals surface area contributed by atoms with Gasteiger partial charge in [0.1, 0.15) is 12.7 Å². The molecule has 0 radical (unpaired) electrons. The lowest BCUT2D eigenvalue weighted by atomic mass is 10.1. The highest BCUT2D eigenvalue weighted by molar-refractivity contribution is 6.30. The van der Waals surface area contributed by atoms with Crippen molar-refractivity contribution in [2.45, 2.75) is 6.61 Å². The molecule has 4 rings (SSSR count). The Morgan fingerprint density at radius 3 is 2.58 bits per heavy atom. The van der Waals surface area contributed by atoms with Crippen LogP contribution in [0.5, 0.6) is 11.5 Å². The Kier molecular flexibility index (Phi) is 5.92. The smallest absolute Gasteiger partial charge is 0.161 e. The van der Waals surface area contributed by atoms with Gasteiger partial charge in [-0.15, -0.1) is 0 Å². The van der Waals surface area contributed by atoms with Crippen molar-refractivity contribution in [3.8, 4) is 17.6 Å². The second kappa shape index (κ2) is 8.95. The first-order valence-corrected chi connectivity index (χ1v) is 10.1. The van der Waals surface area contributed by atoms with E-state index in [-0.39, 0.29) is 0 Å². The zero-order valence-electron chi connectivity index (χ0n) is 17.2. The molecule has 1 aromatic heterocycles. The van der Waals surface area contributed by atoms with Crippen LogP contribution < -0.4 is 9.47 Å². The molecule has 5 nitrogen and oxygen atoms in total. The molecule has 6 heteroatoms. The second-order valence-corrected chi connectivity index (χ2v) is 7.41. The molecule has 0 atom stereocenters. The summed E-state index contributed by atoms with van der Waals surface area (Å²) in [6.45, 7) is 0.395. The highest BCUT2D eigenvalue weighted by atomic mass is 35.5. The third-order valence-electron chi connectivity index (χ3n) is 4.95. The SMILES string of the molecule is COc1cc(/C=C(\C#N)c2nc3ccccc3n2C)ccc1OCc1ccc(Cl)cc1. The van der Waals surface area contributed by atoms with Crippen LogP contribution in [-0.4, -0.2) is 16.7 Å². The number of hydrogen-bond acceptors (Lipinski definition) is 4. The lowest BCUT2D eigenvalue weighted by Gasteiger charge is -2.12. The fourth-order valence-corrected chi connectivity index (χ4v) is 3.46. The zero-order chi connectivity index (χ0) is 21.8.